The van der Waals surface area contributed by atoms with Crippen molar-refractivity contribution >= 4 is 61.1 Å². The summed E-state index contributed by atoms with van der Waals surface area (Å²) in [4.78, 5) is 0. The molecule has 1 aliphatic rings. The van der Waals surface area contributed by atoms with Gasteiger partial charge in [0.25, 0.3) is 0 Å². The van der Waals surface area contributed by atoms with E-state index in [1.165, 1.54) is 109 Å². The Morgan fingerprint density at radius 3 is 1.30 bits per heavy atom. The van der Waals surface area contributed by atoms with E-state index in [0.29, 0.717) is 0 Å². The zero-order valence-electron chi connectivity index (χ0n) is 36.1. The lowest BCUT2D eigenvalue weighted by Gasteiger charge is -2.35. The molecular formula is C63H46Si. The van der Waals surface area contributed by atoms with E-state index in [0.717, 1.165) is 0 Å². The molecule has 302 valence electrons. The Bertz CT molecular complexity index is 3410. The molecule has 0 nitrogen and oxygen atoms in total. The lowest BCUT2D eigenvalue weighted by molar-refractivity contribution is 0.661. The minimum Gasteiger partial charge on any atom is -0.0623 e. The van der Waals surface area contributed by atoms with Crippen LogP contribution in [0.2, 0.25) is 0 Å². The molecule has 0 bridgehead atoms. The number of rotatable bonds is 7. The fraction of sp³-hybridized carbons (Fsp3) is 0.0476. The molecule has 0 unspecified atom stereocenters. The molecule has 0 heterocycles. The van der Waals surface area contributed by atoms with E-state index < -0.39 is 8.07 Å². The summed E-state index contributed by atoms with van der Waals surface area (Å²) in [6, 6.07) is 91.2. The Balaban J connectivity index is 1.04. The first-order valence-corrected chi connectivity index (χ1v) is 24.5. The lowest BCUT2D eigenvalue weighted by atomic mass is 9.80. The molecule has 0 saturated heterocycles. The highest BCUT2D eigenvalue weighted by atomic mass is 28.3. The molecule has 1 heteroatoms. The Morgan fingerprint density at radius 2 is 0.719 bits per heavy atom. The fourth-order valence-corrected chi connectivity index (χ4v) is 16.0. The van der Waals surface area contributed by atoms with Crippen LogP contribution >= 0.6 is 0 Å². The quantitative estimate of drug-likeness (QED) is 0.0853. The second kappa shape index (κ2) is 15.1. The molecule has 0 atom stereocenters. The largest absolute Gasteiger partial charge is 0.179 e. The maximum Gasteiger partial charge on any atom is 0.179 e. The van der Waals surface area contributed by atoms with Crippen LogP contribution in [0.4, 0.5) is 0 Å². The van der Waals surface area contributed by atoms with Gasteiger partial charge in [-0.3, -0.25) is 0 Å². The average Bonchev–Trinajstić information content (AvgIpc) is 3.58. The Morgan fingerprint density at radius 1 is 0.281 bits per heavy atom. The van der Waals surface area contributed by atoms with Crippen LogP contribution in [0.1, 0.15) is 25.0 Å². The molecule has 0 saturated carbocycles. The number of benzene rings is 11. The normalized spacial score (nSPS) is 13.0. The van der Waals surface area contributed by atoms with E-state index in [4.69, 9.17) is 0 Å². The molecular weight excluding hydrogens is 785 g/mol. The predicted molar refractivity (Wildman–Crippen MR) is 276 cm³/mol. The first kappa shape index (κ1) is 38.1. The molecule has 0 amide bonds. The van der Waals surface area contributed by atoms with Gasteiger partial charge in [-0.2, -0.15) is 0 Å². The first-order chi connectivity index (χ1) is 31.5. The van der Waals surface area contributed by atoms with Gasteiger partial charge in [-0.05, 0) is 121 Å². The van der Waals surface area contributed by atoms with Gasteiger partial charge in [0.05, 0.1) is 0 Å². The third-order valence-corrected chi connectivity index (χ3v) is 19.0. The molecule has 64 heavy (non-hydrogen) atoms. The van der Waals surface area contributed by atoms with Crippen LogP contribution in [-0.2, 0) is 5.41 Å². The van der Waals surface area contributed by atoms with Crippen molar-refractivity contribution in [2.24, 2.45) is 0 Å². The Labute approximate surface area is 376 Å². The summed E-state index contributed by atoms with van der Waals surface area (Å²) in [6.07, 6.45) is 0. The summed E-state index contributed by atoms with van der Waals surface area (Å²) in [6.45, 7) is 4.87. The van der Waals surface area contributed by atoms with Crippen molar-refractivity contribution in [3.05, 3.63) is 254 Å². The van der Waals surface area contributed by atoms with Gasteiger partial charge >= 0.3 is 0 Å². The van der Waals surface area contributed by atoms with Crippen LogP contribution in [0.5, 0.6) is 0 Å². The van der Waals surface area contributed by atoms with Crippen molar-refractivity contribution in [3.8, 4) is 44.5 Å². The zero-order valence-corrected chi connectivity index (χ0v) is 37.1. The third-order valence-electron chi connectivity index (χ3n) is 14.2. The van der Waals surface area contributed by atoms with Crippen LogP contribution in [0.3, 0.4) is 0 Å². The van der Waals surface area contributed by atoms with E-state index in [9.17, 15) is 0 Å². The molecule has 11 aromatic carbocycles. The number of hydrogen-bond acceptors (Lipinski definition) is 0. The lowest BCUT2D eigenvalue weighted by Crippen LogP contribution is -2.74. The van der Waals surface area contributed by atoms with Gasteiger partial charge < -0.3 is 0 Å². The minimum atomic E-state index is -2.70. The van der Waals surface area contributed by atoms with Gasteiger partial charge in [0.2, 0.25) is 0 Å². The van der Waals surface area contributed by atoms with Gasteiger partial charge in [-0.25, -0.2) is 0 Å². The van der Waals surface area contributed by atoms with Crippen LogP contribution in [0.15, 0.2) is 243 Å². The molecule has 12 rings (SSSR count). The van der Waals surface area contributed by atoms with E-state index in [-0.39, 0.29) is 5.41 Å². The summed E-state index contributed by atoms with van der Waals surface area (Å²) in [5.41, 5.74) is 12.7. The van der Waals surface area contributed by atoms with Crippen molar-refractivity contribution < 1.29 is 0 Å². The molecule has 0 N–H and O–H groups in total. The SMILES string of the molecule is CC1(C)c2cc(-c3c4ccccc4c(-c4ccccc4-c4ccc5ccccc5c4)c4ccccc34)ccc2-c2ccc([Si](c3ccccc3)(c3ccccc3)c3ccccc3)cc21. The van der Waals surface area contributed by atoms with Gasteiger partial charge in [-0.1, -0.05) is 244 Å². The summed E-state index contributed by atoms with van der Waals surface area (Å²) in [5, 5.41) is 13.2. The van der Waals surface area contributed by atoms with Crippen LogP contribution in [-0.4, -0.2) is 8.07 Å². The van der Waals surface area contributed by atoms with Gasteiger partial charge in [0.15, 0.2) is 8.07 Å². The predicted octanol–water partition coefficient (Wildman–Crippen LogP) is 13.8. The molecule has 0 aliphatic heterocycles. The van der Waals surface area contributed by atoms with Gasteiger partial charge in [0, 0.05) is 5.41 Å². The van der Waals surface area contributed by atoms with E-state index in [1.807, 2.05) is 0 Å². The summed E-state index contributed by atoms with van der Waals surface area (Å²) in [5.74, 6) is 0. The van der Waals surface area contributed by atoms with E-state index in [1.54, 1.807) is 0 Å². The number of fused-ring (bicyclic) bond motifs is 6. The monoisotopic (exact) mass is 830 g/mol. The fourth-order valence-electron chi connectivity index (χ4n) is 11.2. The van der Waals surface area contributed by atoms with Crippen molar-refractivity contribution in [2.45, 2.75) is 19.3 Å². The van der Waals surface area contributed by atoms with Crippen LogP contribution < -0.4 is 20.7 Å². The molecule has 0 aromatic heterocycles. The average molecular weight is 831 g/mol. The van der Waals surface area contributed by atoms with Gasteiger partial charge in [0.1, 0.15) is 0 Å². The minimum absolute atomic E-state index is 0.231. The molecule has 0 spiro atoms. The molecule has 11 aromatic rings. The summed E-state index contributed by atoms with van der Waals surface area (Å²) < 4.78 is 0. The zero-order chi connectivity index (χ0) is 42.8. The van der Waals surface area contributed by atoms with Crippen LogP contribution in [0.25, 0.3) is 76.8 Å². The van der Waals surface area contributed by atoms with E-state index >= 15 is 0 Å². The number of hydrogen-bond donors (Lipinski definition) is 0. The standard InChI is InChI=1S/C63H46Si/c1-63(2)59-41-46(36-38-52(59)53-39-37-50(42-60(53)63)64(47-22-6-3-7-23-47,48-24-8-4-9-25-48)49-26-10-5-11-27-49)61-55-30-16-18-32-57(55)62(58-33-19-17-31-56(58)61)54-29-15-14-28-51(54)45-35-34-43-20-12-13-21-44(43)40-45/h3-42H,1-2H3. The van der Waals surface area contributed by atoms with Crippen molar-refractivity contribution in [2.75, 3.05) is 0 Å². The van der Waals surface area contributed by atoms with Crippen molar-refractivity contribution in [3.63, 3.8) is 0 Å². The van der Waals surface area contributed by atoms with Crippen molar-refractivity contribution in [1.29, 1.82) is 0 Å². The third kappa shape index (κ3) is 5.81. The van der Waals surface area contributed by atoms with Crippen molar-refractivity contribution in [1.82, 2.24) is 0 Å². The topological polar surface area (TPSA) is 0 Å². The second-order valence-electron chi connectivity index (χ2n) is 17.9. The molecule has 0 radical (unpaired) electrons. The maximum atomic E-state index is 2.58. The van der Waals surface area contributed by atoms with Gasteiger partial charge in [-0.15, -0.1) is 0 Å². The Hall–Kier alpha value is -7.58. The highest BCUT2D eigenvalue weighted by molar-refractivity contribution is 7.19. The molecule has 1 aliphatic carbocycles. The molecule has 0 fully saturated rings. The summed E-state index contributed by atoms with van der Waals surface area (Å²) >= 11 is 0. The highest BCUT2D eigenvalue weighted by Crippen LogP contribution is 2.52. The first-order valence-electron chi connectivity index (χ1n) is 22.5. The smallest absolute Gasteiger partial charge is 0.0623 e. The van der Waals surface area contributed by atoms with Crippen LogP contribution in [0, 0.1) is 0 Å². The maximum absolute atomic E-state index is 2.70. The van der Waals surface area contributed by atoms with E-state index in [2.05, 4.69) is 257 Å². The summed E-state index contributed by atoms with van der Waals surface area (Å²) in [7, 11) is -2.70. The Kier molecular flexibility index (Phi) is 8.96. The highest BCUT2D eigenvalue weighted by Gasteiger charge is 2.44. The second-order valence-corrected chi connectivity index (χ2v) is 21.8.